The number of thiazole rings is 1. The summed E-state index contributed by atoms with van der Waals surface area (Å²) in [6, 6.07) is 4.03. The fourth-order valence-corrected chi connectivity index (χ4v) is 4.06. The molecule has 2 aromatic heterocycles. The predicted molar refractivity (Wildman–Crippen MR) is 114 cm³/mol. The van der Waals surface area contributed by atoms with Crippen molar-refractivity contribution in [2.45, 2.75) is 20.8 Å². The van der Waals surface area contributed by atoms with Gasteiger partial charge >= 0.3 is 0 Å². The minimum atomic E-state index is -0.297. The first-order valence-corrected chi connectivity index (χ1v) is 9.94. The van der Waals surface area contributed by atoms with Crippen molar-refractivity contribution in [3.8, 4) is 0 Å². The van der Waals surface area contributed by atoms with Gasteiger partial charge in [0.1, 0.15) is 0 Å². The lowest BCUT2D eigenvalue weighted by atomic mass is 10.1. The Morgan fingerprint density at radius 3 is 2.64 bits per heavy atom. The number of halogens is 1. The van der Waals surface area contributed by atoms with Crippen molar-refractivity contribution in [2.75, 3.05) is 18.9 Å². The molecule has 2 heterocycles. The van der Waals surface area contributed by atoms with Gasteiger partial charge in [0.2, 0.25) is 11.8 Å². The van der Waals surface area contributed by atoms with Crippen molar-refractivity contribution in [1.29, 1.82) is 0 Å². The van der Waals surface area contributed by atoms with Gasteiger partial charge in [-0.15, -0.1) is 11.3 Å². The maximum atomic E-state index is 12.4. The van der Waals surface area contributed by atoms with Crippen LogP contribution in [0.25, 0.3) is 11.0 Å². The number of aryl methyl sites for hydroxylation is 3. The third-order valence-electron chi connectivity index (χ3n) is 4.34. The van der Waals surface area contributed by atoms with E-state index in [1.165, 1.54) is 22.3 Å². The Labute approximate surface area is 172 Å². The minimum Gasteiger partial charge on any atom is -0.333 e. The second-order valence-corrected chi connectivity index (χ2v) is 7.92. The fraction of sp³-hybridized carbons (Fsp3) is 0.250. The number of likely N-dealkylation sites (N-methyl/N-ethyl adjacent to an activating group) is 1. The molecular formula is C20H21ClN4O2S. The molecule has 28 heavy (non-hydrogen) atoms. The van der Waals surface area contributed by atoms with Crippen LogP contribution in [0, 0.1) is 20.8 Å². The highest BCUT2D eigenvalue weighted by atomic mass is 35.5. The van der Waals surface area contributed by atoms with E-state index in [0.717, 1.165) is 27.3 Å². The number of nitrogens with one attached hydrogen (secondary N) is 1. The molecule has 2 amide bonds. The average molecular weight is 417 g/mol. The molecule has 0 saturated heterocycles. The lowest BCUT2D eigenvalue weighted by Gasteiger charge is -2.17. The van der Waals surface area contributed by atoms with E-state index in [0.29, 0.717) is 10.8 Å². The molecule has 8 heteroatoms. The van der Waals surface area contributed by atoms with Crippen LogP contribution in [0.2, 0.25) is 5.15 Å². The Morgan fingerprint density at radius 2 is 1.96 bits per heavy atom. The standard InChI is InChI=1S/C20H21ClN4O2S/c1-12-9-13(2)18(14(3)10-12)22-16(26)11-24(4)17(27)6-5-15-19(21)23-20-25(15)7-8-28-20/h5-10H,11H2,1-4H3,(H,22,26)/b6-5+. The van der Waals surface area contributed by atoms with Crippen LogP contribution in [0.5, 0.6) is 0 Å². The number of amides is 2. The zero-order valence-corrected chi connectivity index (χ0v) is 17.7. The molecule has 146 valence electrons. The quantitative estimate of drug-likeness (QED) is 0.637. The third kappa shape index (κ3) is 4.26. The summed E-state index contributed by atoms with van der Waals surface area (Å²) < 4.78 is 1.81. The second kappa shape index (κ2) is 8.16. The highest BCUT2D eigenvalue weighted by molar-refractivity contribution is 7.15. The van der Waals surface area contributed by atoms with Gasteiger partial charge in [0.05, 0.1) is 12.2 Å². The van der Waals surface area contributed by atoms with Crippen LogP contribution in [0.1, 0.15) is 22.4 Å². The molecule has 0 atom stereocenters. The molecule has 1 N–H and O–H groups in total. The molecule has 1 aromatic carbocycles. The van der Waals surface area contributed by atoms with Gasteiger partial charge < -0.3 is 10.2 Å². The second-order valence-electron chi connectivity index (χ2n) is 6.69. The number of hydrogen-bond acceptors (Lipinski definition) is 4. The predicted octanol–water partition coefficient (Wildman–Crippen LogP) is 4.08. The first kappa shape index (κ1) is 20.1. The van der Waals surface area contributed by atoms with Gasteiger partial charge in [-0.1, -0.05) is 29.3 Å². The molecule has 3 aromatic rings. The number of nitrogens with zero attached hydrogens (tertiary/aromatic N) is 3. The van der Waals surface area contributed by atoms with Crippen molar-refractivity contribution in [2.24, 2.45) is 0 Å². The lowest BCUT2D eigenvalue weighted by Crippen LogP contribution is -2.34. The van der Waals surface area contributed by atoms with E-state index in [-0.39, 0.29) is 18.4 Å². The summed E-state index contributed by atoms with van der Waals surface area (Å²) in [5.41, 5.74) is 4.56. The highest BCUT2D eigenvalue weighted by Gasteiger charge is 2.14. The Hall–Kier alpha value is -2.64. The SMILES string of the molecule is Cc1cc(C)c(NC(=O)CN(C)C(=O)/C=C/c2c(Cl)nc3sccn23)c(C)c1. The molecule has 3 rings (SSSR count). The Morgan fingerprint density at radius 1 is 1.29 bits per heavy atom. The fourth-order valence-electron chi connectivity index (χ4n) is 3.05. The number of aromatic nitrogens is 2. The summed E-state index contributed by atoms with van der Waals surface area (Å²) in [5, 5.41) is 5.13. The molecule has 0 spiro atoms. The summed E-state index contributed by atoms with van der Waals surface area (Å²) in [6.07, 6.45) is 4.84. The molecule has 0 radical (unpaired) electrons. The first-order chi connectivity index (χ1) is 13.3. The van der Waals surface area contributed by atoms with E-state index in [1.54, 1.807) is 13.1 Å². The van der Waals surface area contributed by atoms with Crippen LogP contribution in [-0.4, -0.2) is 39.7 Å². The van der Waals surface area contributed by atoms with Crippen molar-refractivity contribution < 1.29 is 9.59 Å². The minimum absolute atomic E-state index is 0.0517. The number of imidazole rings is 1. The van der Waals surface area contributed by atoms with Crippen LogP contribution in [0.15, 0.2) is 29.8 Å². The van der Waals surface area contributed by atoms with Gasteiger partial charge in [-0.2, -0.15) is 0 Å². The number of carbonyl (C=O) groups is 2. The summed E-state index contributed by atoms with van der Waals surface area (Å²) in [7, 11) is 1.58. The molecule has 0 fully saturated rings. The maximum absolute atomic E-state index is 12.4. The normalized spacial score (nSPS) is 11.3. The zero-order chi connectivity index (χ0) is 20.4. The van der Waals surface area contributed by atoms with Crippen molar-refractivity contribution in [1.82, 2.24) is 14.3 Å². The van der Waals surface area contributed by atoms with E-state index in [9.17, 15) is 9.59 Å². The maximum Gasteiger partial charge on any atom is 0.246 e. The third-order valence-corrected chi connectivity index (χ3v) is 5.37. The monoisotopic (exact) mass is 416 g/mol. The molecule has 6 nitrogen and oxygen atoms in total. The van der Waals surface area contributed by atoms with E-state index >= 15 is 0 Å². The van der Waals surface area contributed by atoms with E-state index in [1.807, 2.05) is 48.9 Å². The zero-order valence-electron chi connectivity index (χ0n) is 16.1. The van der Waals surface area contributed by atoms with Crippen LogP contribution in [-0.2, 0) is 9.59 Å². The molecule has 0 unspecified atom stereocenters. The topological polar surface area (TPSA) is 66.7 Å². The summed E-state index contributed by atoms with van der Waals surface area (Å²) in [4.78, 5) is 31.1. The van der Waals surface area contributed by atoms with Crippen molar-refractivity contribution in [3.05, 3.63) is 57.3 Å². The highest BCUT2D eigenvalue weighted by Crippen LogP contribution is 2.23. The van der Waals surface area contributed by atoms with Gasteiger partial charge in [0, 0.05) is 30.4 Å². The van der Waals surface area contributed by atoms with E-state index < -0.39 is 0 Å². The molecule has 0 saturated carbocycles. The van der Waals surface area contributed by atoms with E-state index in [2.05, 4.69) is 10.3 Å². The van der Waals surface area contributed by atoms with E-state index in [4.69, 9.17) is 11.6 Å². The number of benzene rings is 1. The van der Waals surface area contributed by atoms with Crippen LogP contribution in [0.3, 0.4) is 0 Å². The number of fused-ring (bicyclic) bond motifs is 1. The van der Waals surface area contributed by atoms with Gasteiger partial charge in [-0.05, 0) is 38.0 Å². The van der Waals surface area contributed by atoms with Gasteiger partial charge in [0.15, 0.2) is 10.1 Å². The molecule has 0 aliphatic heterocycles. The summed E-state index contributed by atoms with van der Waals surface area (Å²) in [5.74, 6) is -0.546. The first-order valence-electron chi connectivity index (χ1n) is 8.68. The number of hydrogen-bond donors (Lipinski definition) is 1. The number of carbonyl (C=O) groups excluding carboxylic acids is 2. The Balaban J connectivity index is 1.65. The Kier molecular flexibility index (Phi) is 5.86. The Bertz CT molecular complexity index is 1060. The molecular weight excluding hydrogens is 396 g/mol. The summed E-state index contributed by atoms with van der Waals surface area (Å²) in [6.45, 7) is 5.87. The lowest BCUT2D eigenvalue weighted by molar-refractivity contribution is -0.129. The average Bonchev–Trinajstić information content (AvgIpc) is 3.16. The molecule has 0 bridgehead atoms. The smallest absolute Gasteiger partial charge is 0.246 e. The van der Waals surface area contributed by atoms with Crippen LogP contribution in [0.4, 0.5) is 5.69 Å². The summed E-state index contributed by atoms with van der Waals surface area (Å²) >= 11 is 7.58. The largest absolute Gasteiger partial charge is 0.333 e. The number of anilines is 1. The molecule has 0 aliphatic rings. The number of rotatable bonds is 5. The van der Waals surface area contributed by atoms with Crippen molar-refractivity contribution >= 4 is 51.5 Å². The van der Waals surface area contributed by atoms with Gasteiger partial charge in [-0.25, -0.2) is 4.98 Å². The van der Waals surface area contributed by atoms with Gasteiger partial charge in [0.25, 0.3) is 0 Å². The molecule has 0 aliphatic carbocycles. The van der Waals surface area contributed by atoms with Crippen molar-refractivity contribution in [3.63, 3.8) is 0 Å². The van der Waals surface area contributed by atoms with Crippen LogP contribution < -0.4 is 5.32 Å². The van der Waals surface area contributed by atoms with Gasteiger partial charge in [-0.3, -0.25) is 14.0 Å². The van der Waals surface area contributed by atoms with Crippen LogP contribution >= 0.6 is 22.9 Å².